The summed E-state index contributed by atoms with van der Waals surface area (Å²) in [5.74, 6) is -0.167. The molecule has 1 aromatic carbocycles. The molecule has 0 atom stereocenters. The summed E-state index contributed by atoms with van der Waals surface area (Å²) in [6.45, 7) is 8.01. The van der Waals surface area contributed by atoms with E-state index in [0.29, 0.717) is 0 Å². The minimum absolute atomic E-state index is 0.119. The molecule has 0 amide bonds. The third kappa shape index (κ3) is 4.10. The number of halogens is 1. The molecule has 0 bridgehead atoms. The van der Waals surface area contributed by atoms with Crippen molar-refractivity contribution < 1.29 is 4.39 Å². The van der Waals surface area contributed by atoms with Crippen LogP contribution in [-0.2, 0) is 6.54 Å². The van der Waals surface area contributed by atoms with Gasteiger partial charge in [-0.05, 0) is 58.1 Å². The first kappa shape index (κ1) is 14.1. The lowest BCUT2D eigenvalue weighted by Crippen LogP contribution is -2.46. The van der Waals surface area contributed by atoms with Crippen molar-refractivity contribution in [2.45, 2.75) is 32.9 Å². The van der Waals surface area contributed by atoms with Crippen molar-refractivity contribution in [1.82, 2.24) is 10.2 Å². The van der Waals surface area contributed by atoms with Gasteiger partial charge in [-0.1, -0.05) is 6.07 Å². The second kappa shape index (κ2) is 5.61. The number of benzene rings is 1. The predicted octanol–water partition coefficient (Wildman–Crippen LogP) is 2.56. The van der Waals surface area contributed by atoms with Gasteiger partial charge in [-0.2, -0.15) is 0 Å². The molecule has 0 radical (unpaired) electrons. The number of hydrogen-bond acceptors (Lipinski definition) is 2. The minimum atomic E-state index is -0.167. The fourth-order valence-corrected chi connectivity index (χ4v) is 1.52. The molecule has 0 aromatic heterocycles. The van der Waals surface area contributed by atoms with E-state index in [9.17, 15) is 4.39 Å². The summed E-state index contributed by atoms with van der Waals surface area (Å²) >= 11 is 0. The number of aryl methyl sites for hydroxylation is 1. The smallest absolute Gasteiger partial charge is 0.123 e. The van der Waals surface area contributed by atoms with Gasteiger partial charge in [0.25, 0.3) is 0 Å². The van der Waals surface area contributed by atoms with Crippen LogP contribution in [-0.4, -0.2) is 31.1 Å². The van der Waals surface area contributed by atoms with Crippen molar-refractivity contribution in [3.05, 3.63) is 35.1 Å². The van der Waals surface area contributed by atoms with Crippen LogP contribution in [0.15, 0.2) is 18.2 Å². The standard InChI is InChI=1S/C14H23FN2/c1-11-8-13(15)7-6-12(11)9-16-10-14(2,3)17(4)5/h6-8,16H,9-10H2,1-5H3. The second-order valence-electron chi connectivity index (χ2n) is 5.38. The average molecular weight is 238 g/mol. The molecule has 0 heterocycles. The van der Waals surface area contributed by atoms with Crippen LogP contribution in [0, 0.1) is 12.7 Å². The van der Waals surface area contributed by atoms with E-state index in [4.69, 9.17) is 0 Å². The molecule has 17 heavy (non-hydrogen) atoms. The second-order valence-corrected chi connectivity index (χ2v) is 5.38. The minimum Gasteiger partial charge on any atom is -0.311 e. The summed E-state index contributed by atoms with van der Waals surface area (Å²) in [6, 6.07) is 4.94. The van der Waals surface area contributed by atoms with Crippen molar-refractivity contribution in [3.8, 4) is 0 Å². The Labute approximate surface area is 104 Å². The van der Waals surface area contributed by atoms with Crippen LogP contribution in [0.2, 0.25) is 0 Å². The highest BCUT2D eigenvalue weighted by atomic mass is 19.1. The molecule has 0 aliphatic carbocycles. The maximum absolute atomic E-state index is 12.9. The van der Waals surface area contributed by atoms with E-state index in [2.05, 4.69) is 38.2 Å². The molecule has 0 aliphatic heterocycles. The van der Waals surface area contributed by atoms with E-state index in [0.717, 1.165) is 24.2 Å². The van der Waals surface area contributed by atoms with Crippen LogP contribution in [0.4, 0.5) is 4.39 Å². The normalized spacial score (nSPS) is 12.2. The number of rotatable bonds is 5. The van der Waals surface area contributed by atoms with E-state index < -0.39 is 0 Å². The number of nitrogens with zero attached hydrogens (tertiary/aromatic N) is 1. The van der Waals surface area contributed by atoms with Gasteiger partial charge in [0.1, 0.15) is 5.82 Å². The quantitative estimate of drug-likeness (QED) is 0.848. The van der Waals surface area contributed by atoms with E-state index in [1.807, 2.05) is 13.0 Å². The summed E-state index contributed by atoms with van der Waals surface area (Å²) in [7, 11) is 4.15. The summed E-state index contributed by atoms with van der Waals surface area (Å²) in [4.78, 5) is 2.19. The topological polar surface area (TPSA) is 15.3 Å². The average Bonchev–Trinajstić information content (AvgIpc) is 2.21. The van der Waals surface area contributed by atoms with Gasteiger partial charge in [0, 0.05) is 18.6 Å². The lowest BCUT2D eigenvalue weighted by molar-refractivity contribution is 0.189. The first-order chi connectivity index (χ1) is 7.83. The fraction of sp³-hybridized carbons (Fsp3) is 0.571. The van der Waals surface area contributed by atoms with Crippen LogP contribution < -0.4 is 5.32 Å². The third-order valence-electron chi connectivity index (χ3n) is 3.39. The van der Waals surface area contributed by atoms with Gasteiger partial charge >= 0.3 is 0 Å². The van der Waals surface area contributed by atoms with E-state index in [1.165, 1.54) is 6.07 Å². The molecule has 1 N–H and O–H groups in total. The van der Waals surface area contributed by atoms with E-state index in [1.54, 1.807) is 6.07 Å². The van der Waals surface area contributed by atoms with Crippen LogP contribution in [0.1, 0.15) is 25.0 Å². The van der Waals surface area contributed by atoms with Crippen molar-refractivity contribution in [2.24, 2.45) is 0 Å². The lowest BCUT2D eigenvalue weighted by Gasteiger charge is -2.32. The molecule has 96 valence electrons. The molecular formula is C14H23FN2. The molecule has 2 nitrogen and oxygen atoms in total. The van der Waals surface area contributed by atoms with Crippen LogP contribution in [0.25, 0.3) is 0 Å². The van der Waals surface area contributed by atoms with Crippen LogP contribution >= 0.6 is 0 Å². The molecule has 0 aliphatic rings. The SMILES string of the molecule is Cc1cc(F)ccc1CNCC(C)(C)N(C)C. The Kier molecular flexibility index (Phi) is 4.66. The Balaban J connectivity index is 2.51. The molecule has 1 rings (SSSR count). The highest BCUT2D eigenvalue weighted by Crippen LogP contribution is 2.11. The van der Waals surface area contributed by atoms with Crippen LogP contribution in [0.5, 0.6) is 0 Å². The Morgan fingerprint density at radius 2 is 1.94 bits per heavy atom. The zero-order valence-electron chi connectivity index (χ0n) is 11.5. The predicted molar refractivity (Wildman–Crippen MR) is 70.6 cm³/mol. The molecule has 0 spiro atoms. The van der Waals surface area contributed by atoms with Crippen molar-refractivity contribution in [2.75, 3.05) is 20.6 Å². The number of nitrogens with one attached hydrogen (secondary N) is 1. The van der Waals surface area contributed by atoms with Gasteiger partial charge in [0.15, 0.2) is 0 Å². The summed E-state index contributed by atoms with van der Waals surface area (Å²) in [5.41, 5.74) is 2.27. The summed E-state index contributed by atoms with van der Waals surface area (Å²) in [5, 5.41) is 3.42. The fourth-order valence-electron chi connectivity index (χ4n) is 1.52. The highest BCUT2D eigenvalue weighted by Gasteiger charge is 2.19. The first-order valence-corrected chi connectivity index (χ1v) is 5.96. The number of likely N-dealkylation sites (N-methyl/N-ethyl adjacent to an activating group) is 1. The monoisotopic (exact) mass is 238 g/mol. The Morgan fingerprint density at radius 1 is 1.29 bits per heavy atom. The Morgan fingerprint density at radius 3 is 2.47 bits per heavy atom. The van der Waals surface area contributed by atoms with Gasteiger partial charge in [-0.25, -0.2) is 4.39 Å². The van der Waals surface area contributed by atoms with Gasteiger partial charge < -0.3 is 10.2 Å². The van der Waals surface area contributed by atoms with Gasteiger partial charge in [-0.3, -0.25) is 0 Å². The molecule has 0 saturated heterocycles. The van der Waals surface area contributed by atoms with E-state index >= 15 is 0 Å². The van der Waals surface area contributed by atoms with Crippen molar-refractivity contribution in [1.29, 1.82) is 0 Å². The summed E-state index contributed by atoms with van der Waals surface area (Å²) in [6.07, 6.45) is 0. The zero-order chi connectivity index (χ0) is 13.1. The summed E-state index contributed by atoms with van der Waals surface area (Å²) < 4.78 is 12.9. The molecule has 0 saturated carbocycles. The molecule has 0 fully saturated rings. The maximum atomic E-state index is 12.9. The number of hydrogen-bond donors (Lipinski definition) is 1. The van der Waals surface area contributed by atoms with Gasteiger partial charge in [0.05, 0.1) is 0 Å². The Hall–Kier alpha value is -0.930. The highest BCUT2D eigenvalue weighted by molar-refractivity contribution is 5.26. The third-order valence-corrected chi connectivity index (χ3v) is 3.39. The first-order valence-electron chi connectivity index (χ1n) is 5.96. The van der Waals surface area contributed by atoms with Crippen molar-refractivity contribution >= 4 is 0 Å². The van der Waals surface area contributed by atoms with Gasteiger partial charge in [-0.15, -0.1) is 0 Å². The van der Waals surface area contributed by atoms with E-state index in [-0.39, 0.29) is 11.4 Å². The maximum Gasteiger partial charge on any atom is 0.123 e. The Bertz CT molecular complexity index is 372. The molecular weight excluding hydrogens is 215 g/mol. The largest absolute Gasteiger partial charge is 0.311 e. The van der Waals surface area contributed by atoms with Gasteiger partial charge in [0.2, 0.25) is 0 Å². The lowest BCUT2D eigenvalue weighted by atomic mass is 10.0. The molecule has 0 unspecified atom stereocenters. The zero-order valence-corrected chi connectivity index (χ0v) is 11.5. The van der Waals surface area contributed by atoms with Crippen molar-refractivity contribution in [3.63, 3.8) is 0 Å². The molecule has 3 heteroatoms. The molecule has 1 aromatic rings. The van der Waals surface area contributed by atoms with Crippen LogP contribution in [0.3, 0.4) is 0 Å².